The normalized spacial score (nSPS) is 34.4. The first-order valence-corrected chi connectivity index (χ1v) is 8.80. The van der Waals surface area contributed by atoms with Crippen molar-refractivity contribution >= 4 is 11.3 Å². The Balaban J connectivity index is 1.49. The lowest BCUT2D eigenvalue weighted by Crippen LogP contribution is -2.67. The molecule has 3 nitrogen and oxygen atoms in total. The van der Waals surface area contributed by atoms with E-state index in [4.69, 9.17) is 4.74 Å². The predicted molar refractivity (Wildman–Crippen MR) is 81.0 cm³/mol. The number of thiazole rings is 1. The molecule has 2 saturated carbocycles. The Morgan fingerprint density at radius 1 is 1.35 bits per heavy atom. The first-order chi connectivity index (χ1) is 9.71. The maximum atomic E-state index is 6.05. The molecule has 0 bridgehead atoms. The number of ether oxygens (including phenoxy) is 1. The van der Waals surface area contributed by atoms with E-state index in [0.717, 1.165) is 19.1 Å². The molecule has 110 valence electrons. The molecule has 4 rings (SSSR count). The molecule has 1 saturated heterocycles. The first kappa shape index (κ1) is 13.2. The maximum Gasteiger partial charge on any atom is 0.0900 e. The second-order valence-electron chi connectivity index (χ2n) is 6.78. The molecule has 1 aliphatic heterocycles. The molecule has 1 N–H and O–H groups in total. The molecule has 3 fully saturated rings. The Hall–Kier alpha value is -0.450. The summed E-state index contributed by atoms with van der Waals surface area (Å²) >= 11 is 1.81. The molecule has 2 heterocycles. The van der Waals surface area contributed by atoms with Crippen molar-refractivity contribution in [1.82, 2.24) is 10.3 Å². The summed E-state index contributed by atoms with van der Waals surface area (Å²) in [5, 5.41) is 5.04. The molecule has 20 heavy (non-hydrogen) atoms. The van der Waals surface area contributed by atoms with Crippen molar-refractivity contribution in [3.8, 4) is 0 Å². The number of nitrogens with zero attached hydrogens (tertiary/aromatic N) is 1. The second-order valence-corrected chi connectivity index (χ2v) is 8.19. The highest BCUT2D eigenvalue weighted by Gasteiger charge is 2.64. The molecule has 1 aromatic heterocycles. The van der Waals surface area contributed by atoms with E-state index >= 15 is 0 Å². The Morgan fingerprint density at radius 2 is 2.15 bits per heavy atom. The van der Waals surface area contributed by atoms with Gasteiger partial charge in [0.2, 0.25) is 0 Å². The Bertz CT molecular complexity index is 507. The highest BCUT2D eigenvalue weighted by molar-refractivity contribution is 7.11. The third-order valence-corrected chi connectivity index (χ3v) is 6.70. The first-order valence-electron chi connectivity index (χ1n) is 7.98. The fourth-order valence-electron chi connectivity index (χ4n) is 4.95. The smallest absolute Gasteiger partial charge is 0.0900 e. The molecule has 3 aliphatic rings. The molecular formula is C16H24N2OS. The van der Waals surface area contributed by atoms with E-state index < -0.39 is 0 Å². The SMILES string of the molecule is Cc1nc(CN[C@@H]2[C@H]3CCO[C@H]3C23CCCC3)c(C)s1. The number of fused-ring (bicyclic) bond motifs is 2. The standard InChI is InChI=1S/C16H24N2OS/c1-10-13(18-11(2)20-10)9-17-14-12-5-8-19-15(12)16(14)6-3-4-7-16/h12,14-15,17H,3-9H2,1-2H3/t12-,14-,15-/m1/s1. The molecule has 4 heteroatoms. The van der Waals surface area contributed by atoms with Crippen molar-refractivity contribution in [3.05, 3.63) is 15.6 Å². The average molecular weight is 292 g/mol. The maximum absolute atomic E-state index is 6.05. The summed E-state index contributed by atoms with van der Waals surface area (Å²) in [6.45, 7) is 6.20. The van der Waals surface area contributed by atoms with Gasteiger partial charge in [0.25, 0.3) is 0 Å². The van der Waals surface area contributed by atoms with Gasteiger partial charge in [-0.3, -0.25) is 0 Å². The zero-order valence-electron chi connectivity index (χ0n) is 12.4. The van der Waals surface area contributed by atoms with E-state index in [2.05, 4.69) is 24.1 Å². The van der Waals surface area contributed by atoms with Gasteiger partial charge in [0, 0.05) is 35.4 Å². The summed E-state index contributed by atoms with van der Waals surface area (Å²) in [6.07, 6.45) is 7.31. The van der Waals surface area contributed by atoms with Crippen LogP contribution in [0, 0.1) is 25.2 Å². The zero-order chi connectivity index (χ0) is 13.7. The quantitative estimate of drug-likeness (QED) is 0.929. The van der Waals surface area contributed by atoms with Gasteiger partial charge in [-0.2, -0.15) is 0 Å². The molecule has 3 atom stereocenters. The van der Waals surface area contributed by atoms with Crippen LogP contribution in [0.2, 0.25) is 0 Å². The lowest BCUT2D eigenvalue weighted by molar-refractivity contribution is -0.131. The van der Waals surface area contributed by atoms with Gasteiger partial charge in [0.05, 0.1) is 16.8 Å². The summed E-state index contributed by atoms with van der Waals surface area (Å²) in [6, 6.07) is 0.666. The minimum atomic E-state index is 0.458. The topological polar surface area (TPSA) is 34.2 Å². The third-order valence-electron chi connectivity index (χ3n) is 5.78. The third kappa shape index (κ3) is 1.81. The van der Waals surface area contributed by atoms with E-state index in [1.165, 1.54) is 47.7 Å². The summed E-state index contributed by atoms with van der Waals surface area (Å²) in [7, 11) is 0. The molecular weight excluding hydrogens is 268 g/mol. The average Bonchev–Trinajstić information content (AvgIpc) is 3.09. The van der Waals surface area contributed by atoms with Crippen LogP contribution in [0.4, 0.5) is 0 Å². The van der Waals surface area contributed by atoms with Crippen LogP contribution in [-0.4, -0.2) is 23.7 Å². The molecule has 2 aliphatic carbocycles. The molecule has 0 radical (unpaired) electrons. The number of aryl methyl sites for hydroxylation is 2. The van der Waals surface area contributed by atoms with Crippen LogP contribution in [0.5, 0.6) is 0 Å². The fourth-order valence-corrected chi connectivity index (χ4v) is 5.79. The van der Waals surface area contributed by atoms with Crippen molar-refractivity contribution in [2.24, 2.45) is 11.3 Å². The predicted octanol–water partition coefficient (Wildman–Crippen LogP) is 3.20. The monoisotopic (exact) mass is 292 g/mol. The number of nitrogens with one attached hydrogen (secondary N) is 1. The number of rotatable bonds is 3. The lowest BCUT2D eigenvalue weighted by atomic mass is 9.54. The lowest BCUT2D eigenvalue weighted by Gasteiger charge is -2.57. The van der Waals surface area contributed by atoms with Crippen LogP contribution in [-0.2, 0) is 11.3 Å². The number of hydrogen-bond acceptors (Lipinski definition) is 4. The summed E-state index contributed by atoms with van der Waals surface area (Å²) in [5.74, 6) is 0.758. The molecule has 1 aromatic rings. The number of aromatic nitrogens is 1. The van der Waals surface area contributed by atoms with E-state index in [-0.39, 0.29) is 0 Å². The molecule has 0 amide bonds. The minimum absolute atomic E-state index is 0.458. The highest BCUT2D eigenvalue weighted by Crippen LogP contribution is 2.60. The van der Waals surface area contributed by atoms with Gasteiger partial charge in [-0.15, -0.1) is 11.3 Å². The van der Waals surface area contributed by atoms with Crippen LogP contribution < -0.4 is 5.32 Å². The van der Waals surface area contributed by atoms with Gasteiger partial charge in [-0.25, -0.2) is 4.98 Å². The van der Waals surface area contributed by atoms with Crippen molar-refractivity contribution in [2.45, 2.75) is 64.6 Å². The Kier molecular flexibility index (Phi) is 3.17. The van der Waals surface area contributed by atoms with Crippen molar-refractivity contribution in [2.75, 3.05) is 6.61 Å². The van der Waals surface area contributed by atoms with Gasteiger partial charge >= 0.3 is 0 Å². The number of hydrogen-bond donors (Lipinski definition) is 1. The molecule has 0 unspecified atom stereocenters. The van der Waals surface area contributed by atoms with Crippen LogP contribution in [0.3, 0.4) is 0 Å². The van der Waals surface area contributed by atoms with Crippen molar-refractivity contribution in [1.29, 1.82) is 0 Å². The van der Waals surface area contributed by atoms with Gasteiger partial charge in [0.15, 0.2) is 0 Å². The summed E-state index contributed by atoms with van der Waals surface area (Å²) < 4.78 is 6.05. The van der Waals surface area contributed by atoms with Crippen LogP contribution in [0.1, 0.15) is 47.7 Å². The van der Waals surface area contributed by atoms with Crippen LogP contribution in [0.15, 0.2) is 0 Å². The minimum Gasteiger partial charge on any atom is -0.377 e. The summed E-state index contributed by atoms with van der Waals surface area (Å²) in [5.41, 5.74) is 1.71. The second kappa shape index (κ2) is 4.79. The molecule has 0 aromatic carbocycles. The largest absolute Gasteiger partial charge is 0.377 e. The van der Waals surface area contributed by atoms with Crippen molar-refractivity contribution in [3.63, 3.8) is 0 Å². The van der Waals surface area contributed by atoms with E-state index in [1.54, 1.807) is 0 Å². The van der Waals surface area contributed by atoms with E-state index in [9.17, 15) is 0 Å². The van der Waals surface area contributed by atoms with E-state index in [1.807, 2.05) is 11.3 Å². The molecule has 1 spiro atoms. The van der Waals surface area contributed by atoms with Crippen LogP contribution >= 0.6 is 11.3 Å². The van der Waals surface area contributed by atoms with Crippen molar-refractivity contribution < 1.29 is 4.74 Å². The van der Waals surface area contributed by atoms with Crippen LogP contribution in [0.25, 0.3) is 0 Å². The Morgan fingerprint density at radius 3 is 2.85 bits per heavy atom. The Labute approximate surface area is 125 Å². The fraction of sp³-hybridized carbons (Fsp3) is 0.812. The van der Waals surface area contributed by atoms with Gasteiger partial charge < -0.3 is 10.1 Å². The zero-order valence-corrected chi connectivity index (χ0v) is 13.3. The van der Waals surface area contributed by atoms with E-state index in [0.29, 0.717) is 17.6 Å². The highest BCUT2D eigenvalue weighted by atomic mass is 32.1. The summed E-state index contributed by atoms with van der Waals surface area (Å²) in [4.78, 5) is 6.04. The van der Waals surface area contributed by atoms with Gasteiger partial charge in [-0.1, -0.05) is 12.8 Å². The van der Waals surface area contributed by atoms with Gasteiger partial charge in [0.1, 0.15) is 0 Å². The van der Waals surface area contributed by atoms with Gasteiger partial charge in [-0.05, 0) is 33.1 Å².